The third-order valence-corrected chi connectivity index (χ3v) is 4.94. The van der Waals surface area contributed by atoms with Gasteiger partial charge in [0.1, 0.15) is 0 Å². The number of aromatic nitrogens is 1. The van der Waals surface area contributed by atoms with Crippen LogP contribution < -0.4 is 5.32 Å². The highest BCUT2D eigenvalue weighted by molar-refractivity contribution is 8.04. The number of H-pyrrole nitrogens is 1. The van der Waals surface area contributed by atoms with Gasteiger partial charge in [-0.15, -0.1) is 0 Å². The number of hydrogen-bond acceptors (Lipinski definition) is 2. The standard InChI is InChI=1S/C17H18N2OS/c1-4-12-10(2)14(18-11(12)3)9-16-17(20)19-13-7-5-6-8-15(13)21-16/h5-9,18H,4H2,1-3H3,(H,19,20)/b16-9-. The average molecular weight is 298 g/mol. The fourth-order valence-corrected chi connectivity index (χ4v) is 3.66. The number of fused-ring (bicyclic) bond motifs is 1. The van der Waals surface area contributed by atoms with Gasteiger partial charge in [-0.25, -0.2) is 0 Å². The largest absolute Gasteiger partial charge is 0.359 e. The second kappa shape index (κ2) is 5.45. The van der Waals surface area contributed by atoms with Crippen molar-refractivity contribution in [3.05, 3.63) is 51.7 Å². The Bertz CT molecular complexity index is 743. The summed E-state index contributed by atoms with van der Waals surface area (Å²) in [5.74, 6) is -0.0385. The van der Waals surface area contributed by atoms with Gasteiger partial charge in [0.25, 0.3) is 5.91 Å². The van der Waals surface area contributed by atoms with E-state index in [1.807, 2.05) is 30.3 Å². The van der Waals surface area contributed by atoms with Crippen LogP contribution in [-0.4, -0.2) is 10.9 Å². The number of amides is 1. The molecular weight excluding hydrogens is 280 g/mol. The highest BCUT2D eigenvalue weighted by atomic mass is 32.2. The molecule has 108 valence electrons. The van der Waals surface area contributed by atoms with E-state index in [2.05, 4.69) is 31.1 Å². The Morgan fingerprint density at radius 1 is 1.24 bits per heavy atom. The summed E-state index contributed by atoms with van der Waals surface area (Å²) < 4.78 is 0. The maximum atomic E-state index is 12.2. The fourth-order valence-electron chi connectivity index (χ4n) is 2.72. The van der Waals surface area contributed by atoms with Gasteiger partial charge < -0.3 is 10.3 Å². The van der Waals surface area contributed by atoms with E-state index >= 15 is 0 Å². The first-order valence-electron chi connectivity index (χ1n) is 7.08. The van der Waals surface area contributed by atoms with Crippen molar-refractivity contribution in [2.45, 2.75) is 32.1 Å². The van der Waals surface area contributed by atoms with Crippen LogP contribution in [0.4, 0.5) is 5.69 Å². The first kappa shape index (κ1) is 14.0. The average Bonchev–Trinajstić information content (AvgIpc) is 2.73. The van der Waals surface area contributed by atoms with E-state index in [1.165, 1.54) is 28.6 Å². The number of carbonyl (C=O) groups excluding carboxylic acids is 1. The third kappa shape index (κ3) is 2.51. The molecule has 1 amide bonds. The molecule has 0 fully saturated rings. The second-order valence-electron chi connectivity index (χ2n) is 5.18. The summed E-state index contributed by atoms with van der Waals surface area (Å²) in [4.78, 5) is 17.4. The van der Waals surface area contributed by atoms with Crippen molar-refractivity contribution in [3.8, 4) is 0 Å². The lowest BCUT2D eigenvalue weighted by Crippen LogP contribution is -2.17. The van der Waals surface area contributed by atoms with Crippen molar-refractivity contribution in [1.82, 2.24) is 4.98 Å². The van der Waals surface area contributed by atoms with Crippen molar-refractivity contribution in [2.75, 3.05) is 5.32 Å². The molecular formula is C17H18N2OS. The summed E-state index contributed by atoms with van der Waals surface area (Å²) in [6, 6.07) is 7.87. The predicted molar refractivity (Wildman–Crippen MR) is 88.6 cm³/mol. The van der Waals surface area contributed by atoms with Gasteiger partial charge >= 0.3 is 0 Å². The molecule has 2 N–H and O–H groups in total. The molecule has 0 unspecified atom stereocenters. The number of anilines is 1. The van der Waals surface area contributed by atoms with Crippen LogP contribution >= 0.6 is 11.8 Å². The molecule has 2 aromatic rings. The van der Waals surface area contributed by atoms with Gasteiger partial charge in [-0.3, -0.25) is 4.79 Å². The number of rotatable bonds is 2. The van der Waals surface area contributed by atoms with Crippen LogP contribution in [-0.2, 0) is 11.2 Å². The zero-order valence-electron chi connectivity index (χ0n) is 12.4. The first-order chi connectivity index (χ1) is 10.1. The van der Waals surface area contributed by atoms with Gasteiger partial charge in [-0.05, 0) is 49.6 Å². The molecule has 21 heavy (non-hydrogen) atoms. The topological polar surface area (TPSA) is 44.9 Å². The molecule has 0 saturated heterocycles. The molecule has 4 heteroatoms. The lowest BCUT2D eigenvalue weighted by Gasteiger charge is -2.18. The van der Waals surface area contributed by atoms with E-state index in [4.69, 9.17) is 0 Å². The van der Waals surface area contributed by atoms with E-state index in [1.54, 1.807) is 0 Å². The SMILES string of the molecule is CCc1c(C)[nH]c(/C=C2\Sc3ccccc3NC2=O)c1C. The Labute approximate surface area is 128 Å². The Balaban J connectivity index is 1.99. The molecule has 0 saturated carbocycles. The number of aryl methyl sites for hydroxylation is 1. The molecule has 0 aliphatic carbocycles. The molecule has 0 radical (unpaired) electrons. The second-order valence-corrected chi connectivity index (χ2v) is 6.27. The zero-order chi connectivity index (χ0) is 15.0. The van der Waals surface area contributed by atoms with Crippen molar-refractivity contribution in [1.29, 1.82) is 0 Å². The summed E-state index contributed by atoms with van der Waals surface area (Å²) in [5, 5.41) is 2.94. The van der Waals surface area contributed by atoms with E-state index in [0.29, 0.717) is 0 Å². The van der Waals surface area contributed by atoms with Crippen LogP contribution in [0.15, 0.2) is 34.1 Å². The van der Waals surface area contributed by atoms with Crippen molar-refractivity contribution >= 4 is 29.4 Å². The van der Waals surface area contributed by atoms with Crippen LogP contribution in [0.2, 0.25) is 0 Å². The molecule has 1 aromatic heterocycles. The van der Waals surface area contributed by atoms with E-state index in [9.17, 15) is 4.79 Å². The Morgan fingerprint density at radius 3 is 2.71 bits per heavy atom. The number of nitrogens with one attached hydrogen (secondary N) is 2. The molecule has 0 bridgehead atoms. The minimum Gasteiger partial charge on any atom is -0.359 e. The summed E-state index contributed by atoms with van der Waals surface area (Å²) in [6.07, 6.45) is 2.96. The van der Waals surface area contributed by atoms with E-state index in [-0.39, 0.29) is 5.91 Å². The third-order valence-electron chi connectivity index (χ3n) is 3.84. The van der Waals surface area contributed by atoms with Crippen molar-refractivity contribution in [2.24, 2.45) is 0 Å². The van der Waals surface area contributed by atoms with Crippen LogP contribution in [0.5, 0.6) is 0 Å². The summed E-state index contributed by atoms with van der Waals surface area (Å²) in [7, 11) is 0. The molecule has 3 nitrogen and oxygen atoms in total. The summed E-state index contributed by atoms with van der Waals surface area (Å²) in [6.45, 7) is 6.34. The normalized spacial score (nSPS) is 16.0. The smallest absolute Gasteiger partial charge is 0.262 e. The minimum absolute atomic E-state index is 0.0385. The van der Waals surface area contributed by atoms with Gasteiger partial charge in [-0.2, -0.15) is 0 Å². The predicted octanol–water partition coefficient (Wildman–Crippen LogP) is 4.28. The number of hydrogen-bond donors (Lipinski definition) is 2. The number of para-hydroxylation sites is 1. The maximum Gasteiger partial charge on any atom is 0.262 e. The highest BCUT2D eigenvalue weighted by Gasteiger charge is 2.21. The van der Waals surface area contributed by atoms with Crippen molar-refractivity contribution < 1.29 is 4.79 Å². The molecule has 0 atom stereocenters. The summed E-state index contributed by atoms with van der Waals surface area (Å²) in [5.41, 5.74) is 5.67. The monoisotopic (exact) mass is 298 g/mol. The lowest BCUT2D eigenvalue weighted by atomic mass is 10.1. The van der Waals surface area contributed by atoms with Gasteiger partial charge in [0.2, 0.25) is 0 Å². The van der Waals surface area contributed by atoms with Crippen LogP contribution in [0, 0.1) is 13.8 Å². The van der Waals surface area contributed by atoms with E-state index in [0.717, 1.165) is 27.6 Å². The van der Waals surface area contributed by atoms with Crippen LogP contribution in [0.3, 0.4) is 0 Å². The Hall–Kier alpha value is -1.94. The molecule has 2 heterocycles. The molecule has 3 rings (SSSR count). The molecule has 1 aliphatic heterocycles. The lowest BCUT2D eigenvalue weighted by molar-refractivity contribution is -0.112. The zero-order valence-corrected chi connectivity index (χ0v) is 13.2. The number of aromatic amines is 1. The van der Waals surface area contributed by atoms with Crippen molar-refractivity contribution in [3.63, 3.8) is 0 Å². The first-order valence-corrected chi connectivity index (χ1v) is 7.89. The molecule has 1 aliphatic rings. The number of benzene rings is 1. The summed E-state index contributed by atoms with van der Waals surface area (Å²) >= 11 is 1.52. The van der Waals surface area contributed by atoms with E-state index < -0.39 is 0 Å². The van der Waals surface area contributed by atoms with Crippen LogP contribution in [0.1, 0.15) is 29.4 Å². The minimum atomic E-state index is -0.0385. The Morgan fingerprint density at radius 2 is 2.00 bits per heavy atom. The highest BCUT2D eigenvalue weighted by Crippen LogP contribution is 2.38. The number of carbonyl (C=O) groups is 1. The van der Waals surface area contributed by atoms with Gasteiger partial charge in [0.05, 0.1) is 10.6 Å². The molecule has 0 spiro atoms. The number of thioether (sulfide) groups is 1. The maximum absolute atomic E-state index is 12.2. The van der Waals surface area contributed by atoms with Gasteiger partial charge in [0, 0.05) is 16.3 Å². The Kier molecular flexibility index (Phi) is 3.64. The fraction of sp³-hybridized carbons (Fsp3) is 0.235. The quantitative estimate of drug-likeness (QED) is 0.813. The van der Waals surface area contributed by atoms with Gasteiger partial charge in [-0.1, -0.05) is 30.8 Å². The van der Waals surface area contributed by atoms with Gasteiger partial charge in [0.15, 0.2) is 0 Å². The van der Waals surface area contributed by atoms with Crippen LogP contribution in [0.25, 0.3) is 6.08 Å². The molecule has 1 aromatic carbocycles.